The van der Waals surface area contributed by atoms with E-state index in [-0.39, 0.29) is 17.0 Å². The summed E-state index contributed by atoms with van der Waals surface area (Å²) in [6, 6.07) is 4.25. The molecule has 2 aromatic heterocycles. The van der Waals surface area contributed by atoms with Crippen LogP contribution >= 0.6 is 0 Å². The maximum atomic E-state index is 12.7. The van der Waals surface area contributed by atoms with Crippen LogP contribution < -0.4 is 5.76 Å². The maximum Gasteiger partial charge on any atom is 0.417 e. The highest BCUT2D eigenvalue weighted by atomic mass is 32.2. The second-order valence-corrected chi connectivity index (χ2v) is 7.28. The average molecular weight is 337 g/mol. The number of aryl methyl sites for hydroxylation is 2. The van der Waals surface area contributed by atoms with Crippen molar-refractivity contribution in [2.24, 2.45) is 0 Å². The third kappa shape index (κ3) is 2.68. The Balaban J connectivity index is 1.97. The minimum atomic E-state index is -3.74. The van der Waals surface area contributed by atoms with Crippen LogP contribution in [0.5, 0.6) is 0 Å². The number of aromatic amines is 1. The third-order valence-electron chi connectivity index (χ3n) is 3.66. The summed E-state index contributed by atoms with van der Waals surface area (Å²) in [5.74, 6) is -0.0461. The van der Waals surface area contributed by atoms with Gasteiger partial charge in [-0.1, -0.05) is 5.16 Å². The van der Waals surface area contributed by atoms with Crippen LogP contribution in [0.15, 0.2) is 36.8 Å². The predicted molar refractivity (Wildman–Crippen MR) is 81.5 cm³/mol. The highest BCUT2D eigenvalue weighted by Gasteiger charge is 2.24. The topological polar surface area (TPSA) is 109 Å². The molecule has 0 atom stereocenters. The fraction of sp³-hybridized carbons (Fsp3) is 0.286. The zero-order valence-electron chi connectivity index (χ0n) is 12.8. The fourth-order valence-electron chi connectivity index (χ4n) is 2.30. The minimum absolute atomic E-state index is 0.0435. The van der Waals surface area contributed by atoms with Crippen LogP contribution in [0.25, 0.3) is 11.1 Å². The summed E-state index contributed by atoms with van der Waals surface area (Å²) >= 11 is 0. The van der Waals surface area contributed by atoms with Crippen LogP contribution in [0.4, 0.5) is 0 Å². The van der Waals surface area contributed by atoms with E-state index < -0.39 is 15.8 Å². The molecule has 2 heterocycles. The van der Waals surface area contributed by atoms with E-state index in [1.807, 2.05) is 0 Å². The Kier molecular flexibility index (Phi) is 3.61. The Morgan fingerprint density at radius 2 is 2.04 bits per heavy atom. The maximum absolute atomic E-state index is 12.7. The summed E-state index contributed by atoms with van der Waals surface area (Å²) in [7, 11) is -2.27. The lowest BCUT2D eigenvalue weighted by atomic mass is 10.2. The van der Waals surface area contributed by atoms with Crippen LogP contribution in [0.3, 0.4) is 0 Å². The summed E-state index contributed by atoms with van der Waals surface area (Å²) in [5, 5.41) is 3.82. The lowest BCUT2D eigenvalue weighted by molar-refractivity contribution is 0.390. The van der Waals surface area contributed by atoms with Gasteiger partial charge in [0.15, 0.2) is 5.58 Å². The molecule has 0 fully saturated rings. The van der Waals surface area contributed by atoms with Gasteiger partial charge < -0.3 is 8.94 Å². The number of H-pyrrole nitrogens is 1. The molecule has 1 N–H and O–H groups in total. The second-order valence-electron chi connectivity index (χ2n) is 5.24. The molecule has 0 aliphatic rings. The quantitative estimate of drug-likeness (QED) is 0.773. The molecule has 0 aliphatic heterocycles. The van der Waals surface area contributed by atoms with Crippen molar-refractivity contribution >= 4 is 21.1 Å². The number of hydrogen-bond donors (Lipinski definition) is 1. The Labute approximate surface area is 131 Å². The van der Waals surface area contributed by atoms with Gasteiger partial charge in [-0.25, -0.2) is 13.2 Å². The Hall–Kier alpha value is -2.39. The first kappa shape index (κ1) is 15.5. The molecule has 3 rings (SSSR count). The predicted octanol–water partition coefficient (Wildman–Crippen LogP) is 1.55. The van der Waals surface area contributed by atoms with Crippen molar-refractivity contribution in [2.45, 2.75) is 25.3 Å². The molecule has 0 unspecified atom stereocenters. The summed E-state index contributed by atoms with van der Waals surface area (Å²) in [4.78, 5) is 13.7. The second kappa shape index (κ2) is 5.36. The first-order chi connectivity index (χ1) is 10.8. The van der Waals surface area contributed by atoms with E-state index in [1.54, 1.807) is 13.8 Å². The summed E-state index contributed by atoms with van der Waals surface area (Å²) < 4.78 is 36.5. The molecule has 122 valence electrons. The van der Waals surface area contributed by atoms with Gasteiger partial charge in [0.2, 0.25) is 10.0 Å². The van der Waals surface area contributed by atoms with Gasteiger partial charge in [0.25, 0.3) is 0 Å². The number of aromatic nitrogens is 2. The standard InChI is InChI=1S/C14H15N3O5S/c1-8-11(9(2)22-16-8)7-17(3)23(19,20)10-4-5-12-13(6-10)21-14(18)15-12/h4-6H,7H2,1-3H3,(H,15,18). The first-order valence-electron chi connectivity index (χ1n) is 6.80. The van der Waals surface area contributed by atoms with Crippen molar-refractivity contribution < 1.29 is 17.4 Å². The lowest BCUT2D eigenvalue weighted by Crippen LogP contribution is -2.26. The minimum Gasteiger partial charge on any atom is -0.408 e. The number of sulfonamides is 1. The number of hydrogen-bond acceptors (Lipinski definition) is 6. The molecule has 1 aromatic carbocycles. The SMILES string of the molecule is Cc1noc(C)c1CN(C)S(=O)(=O)c1ccc2[nH]c(=O)oc2c1. The Morgan fingerprint density at radius 1 is 1.30 bits per heavy atom. The van der Waals surface area contributed by atoms with Crippen molar-refractivity contribution in [1.82, 2.24) is 14.4 Å². The van der Waals surface area contributed by atoms with Crippen LogP contribution in [-0.2, 0) is 16.6 Å². The fourth-order valence-corrected chi connectivity index (χ4v) is 3.46. The largest absolute Gasteiger partial charge is 0.417 e. The normalized spacial score (nSPS) is 12.3. The van der Waals surface area contributed by atoms with Crippen LogP contribution in [0, 0.1) is 13.8 Å². The molecule has 0 spiro atoms. The van der Waals surface area contributed by atoms with Gasteiger partial charge in [0.05, 0.1) is 16.1 Å². The van der Waals surface area contributed by atoms with Crippen molar-refractivity contribution in [1.29, 1.82) is 0 Å². The summed E-state index contributed by atoms with van der Waals surface area (Å²) in [6.45, 7) is 3.63. The lowest BCUT2D eigenvalue weighted by Gasteiger charge is -2.17. The van der Waals surface area contributed by atoms with E-state index in [2.05, 4.69) is 10.1 Å². The van der Waals surface area contributed by atoms with Gasteiger partial charge in [0, 0.05) is 25.2 Å². The van der Waals surface area contributed by atoms with Gasteiger partial charge in [-0.3, -0.25) is 4.98 Å². The van der Waals surface area contributed by atoms with E-state index in [9.17, 15) is 13.2 Å². The number of nitrogens with zero attached hydrogens (tertiary/aromatic N) is 2. The smallest absolute Gasteiger partial charge is 0.408 e. The third-order valence-corrected chi connectivity index (χ3v) is 5.46. The monoisotopic (exact) mass is 337 g/mol. The molecule has 9 heteroatoms. The molecule has 0 bridgehead atoms. The molecule has 8 nitrogen and oxygen atoms in total. The molecular weight excluding hydrogens is 322 g/mol. The molecule has 0 amide bonds. The van der Waals surface area contributed by atoms with E-state index in [4.69, 9.17) is 8.94 Å². The zero-order valence-corrected chi connectivity index (χ0v) is 13.6. The van der Waals surface area contributed by atoms with E-state index in [0.717, 1.165) is 5.56 Å². The van der Waals surface area contributed by atoms with Gasteiger partial charge in [-0.15, -0.1) is 0 Å². The van der Waals surface area contributed by atoms with Crippen LogP contribution in [0.1, 0.15) is 17.0 Å². The van der Waals surface area contributed by atoms with Gasteiger partial charge in [0.1, 0.15) is 5.76 Å². The number of oxazole rings is 1. The van der Waals surface area contributed by atoms with E-state index in [1.165, 1.54) is 29.6 Å². The Morgan fingerprint density at radius 3 is 2.70 bits per heavy atom. The molecule has 0 saturated carbocycles. The molecule has 0 aliphatic carbocycles. The number of fused-ring (bicyclic) bond motifs is 1. The Bertz CT molecular complexity index is 1010. The number of benzene rings is 1. The highest BCUT2D eigenvalue weighted by Crippen LogP contribution is 2.22. The molecule has 3 aromatic rings. The molecule has 0 radical (unpaired) electrons. The molecule has 23 heavy (non-hydrogen) atoms. The first-order valence-corrected chi connectivity index (χ1v) is 8.24. The van der Waals surface area contributed by atoms with Crippen molar-refractivity contribution in [3.63, 3.8) is 0 Å². The van der Waals surface area contributed by atoms with E-state index >= 15 is 0 Å². The zero-order chi connectivity index (χ0) is 16.8. The number of nitrogens with one attached hydrogen (secondary N) is 1. The van der Waals surface area contributed by atoms with Crippen molar-refractivity contribution in [3.05, 3.63) is 45.8 Å². The average Bonchev–Trinajstić information content (AvgIpc) is 3.01. The van der Waals surface area contributed by atoms with Crippen LogP contribution in [-0.4, -0.2) is 29.9 Å². The molecular formula is C14H15N3O5S. The van der Waals surface area contributed by atoms with Crippen molar-refractivity contribution in [2.75, 3.05) is 7.05 Å². The summed E-state index contributed by atoms with van der Waals surface area (Å²) in [5.41, 5.74) is 2.02. The number of rotatable bonds is 4. The van der Waals surface area contributed by atoms with Gasteiger partial charge in [-0.2, -0.15) is 4.31 Å². The van der Waals surface area contributed by atoms with Crippen LogP contribution in [0.2, 0.25) is 0 Å². The van der Waals surface area contributed by atoms with E-state index in [0.29, 0.717) is 17.0 Å². The molecule has 0 saturated heterocycles. The van der Waals surface area contributed by atoms with Gasteiger partial charge >= 0.3 is 5.76 Å². The summed E-state index contributed by atoms with van der Waals surface area (Å²) in [6.07, 6.45) is 0. The van der Waals surface area contributed by atoms with Crippen molar-refractivity contribution in [3.8, 4) is 0 Å². The van der Waals surface area contributed by atoms with Gasteiger partial charge in [-0.05, 0) is 26.0 Å². The highest BCUT2D eigenvalue weighted by molar-refractivity contribution is 7.89.